The summed E-state index contributed by atoms with van der Waals surface area (Å²) >= 11 is -1.58. The van der Waals surface area contributed by atoms with Crippen LogP contribution < -0.4 is 0 Å². The molecule has 5 heteroatoms. The third-order valence-electron chi connectivity index (χ3n) is 1.43. The predicted molar refractivity (Wildman–Crippen MR) is 53.7 cm³/mol. The molecule has 3 nitrogen and oxygen atoms in total. The van der Waals surface area contributed by atoms with Crippen molar-refractivity contribution in [2.75, 3.05) is 12.4 Å². The molecule has 1 atom stereocenters. The van der Waals surface area contributed by atoms with Crippen molar-refractivity contribution in [3.8, 4) is 0 Å². The van der Waals surface area contributed by atoms with E-state index in [1.54, 1.807) is 0 Å². The highest BCUT2D eigenvalue weighted by atomic mass is 32.2. The van der Waals surface area contributed by atoms with Crippen LogP contribution in [0.1, 0.15) is 26.7 Å². The number of esters is 1. The fourth-order valence-corrected chi connectivity index (χ4v) is 1.69. The van der Waals surface area contributed by atoms with Crippen molar-refractivity contribution in [1.29, 1.82) is 0 Å². The summed E-state index contributed by atoms with van der Waals surface area (Å²) in [5.74, 6) is -0.160. The van der Waals surface area contributed by atoms with Crippen LogP contribution in [0, 0.1) is 0 Å². The predicted octanol–water partition coefficient (Wildman–Crippen LogP) is 1.91. The van der Waals surface area contributed by atoms with Crippen molar-refractivity contribution in [2.45, 2.75) is 26.7 Å². The van der Waals surface area contributed by atoms with E-state index in [4.69, 9.17) is 0 Å². The minimum atomic E-state index is -1.58. The highest BCUT2D eigenvalue weighted by Gasteiger charge is 2.12. The fourth-order valence-electron chi connectivity index (χ4n) is 0.690. The SMILES string of the molecule is CCCC[S+]([O-])/C(F)=C/COC(C)=O. The first-order valence-electron chi connectivity index (χ1n) is 4.45. The minimum Gasteiger partial charge on any atom is -0.610 e. The first-order chi connectivity index (χ1) is 6.57. The number of unbranched alkanes of at least 4 members (excludes halogenated alkanes) is 1. The van der Waals surface area contributed by atoms with Crippen LogP contribution >= 0.6 is 0 Å². The molecule has 0 saturated carbocycles. The zero-order chi connectivity index (χ0) is 11.0. The molecular formula is C9H15FO3S. The Morgan fingerprint density at radius 1 is 1.64 bits per heavy atom. The van der Waals surface area contributed by atoms with Gasteiger partial charge in [-0.3, -0.25) is 4.79 Å². The Balaban J connectivity index is 3.78. The van der Waals surface area contributed by atoms with Gasteiger partial charge >= 0.3 is 5.97 Å². The maximum Gasteiger partial charge on any atom is 0.302 e. The zero-order valence-corrected chi connectivity index (χ0v) is 9.23. The molecule has 0 aliphatic heterocycles. The largest absolute Gasteiger partial charge is 0.610 e. The minimum absolute atomic E-state index is 0.154. The quantitative estimate of drug-likeness (QED) is 0.509. The number of carbonyl (C=O) groups is 1. The van der Waals surface area contributed by atoms with Gasteiger partial charge < -0.3 is 9.29 Å². The molecule has 0 bridgehead atoms. The molecule has 0 amide bonds. The number of carbonyl (C=O) groups excluding carboxylic acids is 1. The summed E-state index contributed by atoms with van der Waals surface area (Å²) < 4.78 is 28.5. The number of hydrogen-bond acceptors (Lipinski definition) is 3. The second-order valence-electron chi connectivity index (χ2n) is 2.71. The van der Waals surface area contributed by atoms with E-state index in [2.05, 4.69) is 4.74 Å². The Hall–Kier alpha value is -0.550. The Kier molecular flexibility index (Phi) is 7.51. The lowest BCUT2D eigenvalue weighted by Gasteiger charge is -2.06. The molecule has 0 heterocycles. The third-order valence-corrected chi connectivity index (χ3v) is 2.69. The van der Waals surface area contributed by atoms with Crippen LogP contribution in [0.2, 0.25) is 0 Å². The van der Waals surface area contributed by atoms with E-state index >= 15 is 0 Å². The van der Waals surface area contributed by atoms with E-state index in [-0.39, 0.29) is 6.61 Å². The number of rotatable bonds is 6. The van der Waals surface area contributed by atoms with Crippen LogP contribution in [0.4, 0.5) is 4.39 Å². The van der Waals surface area contributed by atoms with Gasteiger partial charge in [0.05, 0.1) is 0 Å². The molecule has 82 valence electrons. The normalized spacial score (nSPS) is 13.9. The van der Waals surface area contributed by atoms with Crippen LogP contribution in [0.3, 0.4) is 0 Å². The van der Waals surface area contributed by atoms with Crippen LogP contribution in [-0.4, -0.2) is 22.9 Å². The Bertz CT molecular complexity index is 206. The summed E-state index contributed by atoms with van der Waals surface area (Å²) in [5, 5.41) is -0.709. The van der Waals surface area contributed by atoms with Gasteiger partial charge in [0.15, 0.2) is 0 Å². The van der Waals surface area contributed by atoms with E-state index in [1.165, 1.54) is 6.92 Å². The first-order valence-corrected chi connectivity index (χ1v) is 5.77. The standard InChI is InChI=1S/C9H15FO3S/c1-3-4-7-14(12)9(10)5-6-13-8(2)11/h5H,3-4,6-7H2,1-2H3/b9-5+. The van der Waals surface area contributed by atoms with Gasteiger partial charge in [0.1, 0.15) is 12.4 Å². The van der Waals surface area contributed by atoms with E-state index in [0.29, 0.717) is 5.75 Å². The molecule has 0 fully saturated rings. The van der Waals surface area contributed by atoms with Gasteiger partial charge in [0.2, 0.25) is 0 Å². The van der Waals surface area contributed by atoms with Crippen molar-refractivity contribution in [2.24, 2.45) is 0 Å². The summed E-state index contributed by atoms with van der Waals surface area (Å²) in [4.78, 5) is 10.3. The van der Waals surface area contributed by atoms with Gasteiger partial charge in [-0.2, -0.15) is 4.39 Å². The third kappa shape index (κ3) is 6.91. The second kappa shape index (κ2) is 7.82. The zero-order valence-electron chi connectivity index (χ0n) is 8.42. The van der Waals surface area contributed by atoms with E-state index in [1.807, 2.05) is 6.92 Å². The average Bonchev–Trinajstić information content (AvgIpc) is 2.13. The smallest absolute Gasteiger partial charge is 0.302 e. The summed E-state index contributed by atoms with van der Waals surface area (Å²) in [5.41, 5.74) is 0. The highest BCUT2D eigenvalue weighted by Crippen LogP contribution is 2.10. The molecular weight excluding hydrogens is 207 g/mol. The number of halogens is 1. The van der Waals surface area contributed by atoms with E-state index in [9.17, 15) is 13.7 Å². The Morgan fingerprint density at radius 2 is 2.29 bits per heavy atom. The molecule has 0 spiro atoms. The molecule has 0 radical (unpaired) electrons. The highest BCUT2D eigenvalue weighted by molar-refractivity contribution is 7.95. The van der Waals surface area contributed by atoms with Gasteiger partial charge in [-0.05, 0) is 6.42 Å². The molecule has 0 aliphatic carbocycles. The van der Waals surface area contributed by atoms with Gasteiger partial charge in [0, 0.05) is 24.2 Å². The number of ether oxygens (including phenoxy) is 1. The summed E-state index contributed by atoms with van der Waals surface area (Å²) in [6.07, 6.45) is 2.64. The molecule has 0 saturated heterocycles. The molecule has 0 aromatic heterocycles. The van der Waals surface area contributed by atoms with Crippen molar-refractivity contribution in [3.63, 3.8) is 0 Å². The van der Waals surface area contributed by atoms with E-state index in [0.717, 1.165) is 18.9 Å². The summed E-state index contributed by atoms with van der Waals surface area (Å²) in [6.45, 7) is 3.02. The topological polar surface area (TPSA) is 49.4 Å². The molecule has 1 unspecified atom stereocenters. The van der Waals surface area contributed by atoms with Crippen LogP contribution in [-0.2, 0) is 20.7 Å². The monoisotopic (exact) mass is 222 g/mol. The van der Waals surface area contributed by atoms with Crippen LogP contribution in [0.5, 0.6) is 0 Å². The average molecular weight is 222 g/mol. The van der Waals surface area contributed by atoms with Crippen LogP contribution in [0.25, 0.3) is 0 Å². The van der Waals surface area contributed by atoms with Crippen molar-refractivity contribution < 1.29 is 18.5 Å². The summed E-state index contributed by atoms with van der Waals surface area (Å²) in [7, 11) is 0. The van der Waals surface area contributed by atoms with Gasteiger partial charge in [-0.15, -0.1) is 0 Å². The summed E-state index contributed by atoms with van der Waals surface area (Å²) in [6, 6.07) is 0. The molecule has 0 aromatic rings. The molecule has 14 heavy (non-hydrogen) atoms. The lowest BCUT2D eigenvalue weighted by molar-refractivity contribution is -0.139. The molecule has 0 N–H and O–H groups in total. The van der Waals surface area contributed by atoms with Crippen molar-refractivity contribution in [3.05, 3.63) is 11.2 Å². The van der Waals surface area contributed by atoms with Crippen molar-refractivity contribution in [1.82, 2.24) is 0 Å². The van der Waals surface area contributed by atoms with Gasteiger partial charge in [0.25, 0.3) is 5.16 Å². The van der Waals surface area contributed by atoms with Gasteiger partial charge in [-0.1, -0.05) is 13.3 Å². The van der Waals surface area contributed by atoms with E-state index < -0.39 is 22.3 Å². The fraction of sp³-hybridized carbons (Fsp3) is 0.667. The lowest BCUT2D eigenvalue weighted by Crippen LogP contribution is -2.07. The Labute approximate surface area is 86.5 Å². The molecule has 0 rings (SSSR count). The van der Waals surface area contributed by atoms with Crippen LogP contribution in [0.15, 0.2) is 11.2 Å². The van der Waals surface area contributed by atoms with Crippen molar-refractivity contribution >= 4 is 17.1 Å². The second-order valence-corrected chi connectivity index (χ2v) is 4.20. The maximum atomic E-state index is 12.9. The maximum absolute atomic E-state index is 12.9. The number of hydrogen-bond donors (Lipinski definition) is 0. The Morgan fingerprint density at radius 3 is 2.79 bits per heavy atom. The first kappa shape index (κ1) is 13.4. The molecule has 0 aromatic carbocycles. The lowest BCUT2D eigenvalue weighted by atomic mass is 10.4. The van der Waals surface area contributed by atoms with Gasteiger partial charge in [-0.25, -0.2) is 0 Å². The molecule has 0 aliphatic rings.